The van der Waals surface area contributed by atoms with Crippen LogP contribution in [0.15, 0.2) is 211 Å². The fourth-order valence-electron chi connectivity index (χ4n) is 5.23. The highest BCUT2D eigenvalue weighted by Gasteiger charge is 2.39. The van der Waals surface area contributed by atoms with E-state index in [-0.39, 0.29) is 0 Å². The Morgan fingerprint density at radius 1 is 0.333 bits per heavy atom. The van der Waals surface area contributed by atoms with Crippen LogP contribution in [0.25, 0.3) is 0 Å². The van der Waals surface area contributed by atoms with Gasteiger partial charge in [-0.15, -0.1) is 0 Å². The Balaban J connectivity index is 1.40. The number of hydrogen-bond donors (Lipinski definition) is 0. The van der Waals surface area contributed by atoms with Gasteiger partial charge < -0.3 is 8.37 Å². The summed E-state index contributed by atoms with van der Waals surface area (Å²) in [7, 11) is -5.06. The van der Waals surface area contributed by atoms with Crippen molar-refractivity contribution in [1.82, 2.24) is 0 Å². The van der Waals surface area contributed by atoms with E-state index in [4.69, 9.17) is 8.37 Å². The molecule has 0 saturated carbocycles. The first kappa shape index (κ1) is 30.0. The van der Waals surface area contributed by atoms with Crippen molar-refractivity contribution in [2.75, 3.05) is 0 Å². The van der Waals surface area contributed by atoms with E-state index in [2.05, 4.69) is 0 Å². The first-order valence-electron chi connectivity index (χ1n) is 14.5. The summed E-state index contributed by atoms with van der Waals surface area (Å²) in [5.74, 6) is -1.32. The van der Waals surface area contributed by atoms with E-state index in [9.17, 15) is 9.59 Å². The summed E-state index contributed by atoms with van der Waals surface area (Å²) in [5, 5.41) is 0. The Kier molecular flexibility index (Phi) is 9.15. The largest absolute Gasteiger partial charge is 0.401 e. The van der Waals surface area contributed by atoms with Crippen LogP contribution in [0, 0.1) is 0 Å². The molecule has 0 bridgehead atoms. The van der Waals surface area contributed by atoms with Gasteiger partial charge in [0, 0.05) is 29.4 Å². The second kappa shape index (κ2) is 13.7. The topological polar surface area (TPSA) is 52.6 Å². The molecule has 6 aromatic rings. The number of rotatable bonds is 10. The molecular formula is C39H32O4S2. The van der Waals surface area contributed by atoms with Crippen LogP contribution in [0.4, 0.5) is 0 Å². The van der Waals surface area contributed by atoms with E-state index in [1.165, 1.54) is 0 Å². The summed E-state index contributed by atoms with van der Waals surface area (Å²) in [6.45, 7) is 0. The third kappa shape index (κ3) is 6.16. The van der Waals surface area contributed by atoms with E-state index in [0.29, 0.717) is 0 Å². The molecule has 0 N–H and O–H groups in total. The molecule has 0 amide bonds. The molecule has 224 valence electrons. The van der Waals surface area contributed by atoms with Gasteiger partial charge >= 0.3 is 11.9 Å². The molecule has 0 fully saturated rings. The molecule has 0 spiro atoms. The summed E-state index contributed by atoms with van der Waals surface area (Å²) >= 11 is 0. The summed E-state index contributed by atoms with van der Waals surface area (Å²) in [6.07, 6.45) is -0.553. The van der Waals surface area contributed by atoms with Crippen LogP contribution in [0.3, 0.4) is 0 Å². The lowest BCUT2D eigenvalue weighted by Gasteiger charge is -2.41. The number of carbonyl (C=O) groups is 2. The molecule has 0 aliphatic carbocycles. The molecule has 0 heterocycles. The summed E-state index contributed by atoms with van der Waals surface area (Å²) in [5.41, 5.74) is 0. The van der Waals surface area contributed by atoms with Crippen LogP contribution in [-0.4, -0.2) is 11.9 Å². The van der Waals surface area contributed by atoms with E-state index >= 15 is 0 Å². The third-order valence-corrected chi connectivity index (χ3v) is 13.7. The Morgan fingerprint density at radius 3 is 0.689 bits per heavy atom. The van der Waals surface area contributed by atoms with Gasteiger partial charge in [-0.05, 0) is 93.4 Å². The standard InChI is InChI=1S/C39H32O4S2/c40-38(42-44(32-19-7-1-8-20-32,33-21-9-2-10-22-33)34-23-11-3-12-24-34)31-39(41)43-45(35-25-13-4-14-26-35,36-27-15-5-16-28-36)37-29-17-6-18-30-37/h1-30H,31H2. The minimum absolute atomic E-state index is 0.553. The van der Waals surface area contributed by atoms with Crippen LogP contribution in [0.1, 0.15) is 6.42 Å². The monoisotopic (exact) mass is 628 g/mol. The lowest BCUT2D eigenvalue weighted by molar-refractivity contribution is -0.143. The van der Waals surface area contributed by atoms with Gasteiger partial charge in [0.05, 0.1) is 0 Å². The summed E-state index contributed by atoms with van der Waals surface area (Å²) in [6, 6.07) is 58.4. The fourth-order valence-corrected chi connectivity index (χ4v) is 11.4. The molecule has 6 rings (SSSR count). The van der Waals surface area contributed by atoms with Crippen molar-refractivity contribution in [3.63, 3.8) is 0 Å². The van der Waals surface area contributed by atoms with Crippen LogP contribution in [-0.2, 0) is 18.0 Å². The van der Waals surface area contributed by atoms with Gasteiger partial charge in [-0.25, -0.2) is 0 Å². The molecule has 4 nitrogen and oxygen atoms in total. The zero-order chi connectivity index (χ0) is 31.0. The zero-order valence-electron chi connectivity index (χ0n) is 24.5. The Bertz CT molecular complexity index is 1500. The first-order chi connectivity index (χ1) is 22.1. The van der Waals surface area contributed by atoms with Gasteiger partial charge in [-0.2, -0.15) is 0 Å². The molecule has 6 aromatic carbocycles. The SMILES string of the molecule is O=C(CC(=O)OS(c1ccccc1)(c1ccccc1)c1ccccc1)OS(c1ccccc1)(c1ccccc1)c1ccccc1. The van der Waals surface area contributed by atoms with Crippen molar-refractivity contribution in [3.8, 4) is 0 Å². The molecule has 0 unspecified atom stereocenters. The second-order valence-corrected chi connectivity index (χ2v) is 15.5. The average molecular weight is 629 g/mol. The highest BCUT2D eigenvalue weighted by molar-refractivity contribution is 8.30. The van der Waals surface area contributed by atoms with Crippen molar-refractivity contribution in [2.24, 2.45) is 0 Å². The Hall–Kier alpha value is -5.04. The Labute approximate surface area is 267 Å². The lowest BCUT2D eigenvalue weighted by atomic mass is 10.4. The molecular weight excluding hydrogens is 597 g/mol. The maximum absolute atomic E-state index is 14.0. The highest BCUT2D eigenvalue weighted by Crippen LogP contribution is 2.70. The predicted octanol–water partition coefficient (Wildman–Crippen LogP) is 10.3. The van der Waals surface area contributed by atoms with E-state index in [0.717, 1.165) is 29.4 Å². The van der Waals surface area contributed by atoms with Crippen LogP contribution in [0.2, 0.25) is 0 Å². The minimum atomic E-state index is -2.53. The maximum Gasteiger partial charge on any atom is 0.328 e. The number of hydrogen-bond acceptors (Lipinski definition) is 4. The Morgan fingerprint density at radius 2 is 0.511 bits per heavy atom. The van der Waals surface area contributed by atoms with Gasteiger partial charge in [0.2, 0.25) is 0 Å². The summed E-state index contributed by atoms with van der Waals surface area (Å²) < 4.78 is 13.1. The van der Waals surface area contributed by atoms with Crippen LogP contribution < -0.4 is 0 Å². The molecule has 0 saturated heterocycles. The van der Waals surface area contributed by atoms with Crippen molar-refractivity contribution in [2.45, 2.75) is 35.8 Å². The average Bonchev–Trinajstić information content (AvgIpc) is 3.12. The molecule has 0 aliphatic rings. The van der Waals surface area contributed by atoms with Crippen molar-refractivity contribution in [3.05, 3.63) is 182 Å². The molecule has 6 heteroatoms. The van der Waals surface area contributed by atoms with Gasteiger partial charge in [-0.3, -0.25) is 9.59 Å². The number of carbonyl (C=O) groups excluding carboxylic acids is 2. The maximum atomic E-state index is 14.0. The minimum Gasteiger partial charge on any atom is -0.401 e. The van der Waals surface area contributed by atoms with Gasteiger partial charge in [0.15, 0.2) is 0 Å². The van der Waals surface area contributed by atoms with E-state index in [1.807, 2.05) is 182 Å². The van der Waals surface area contributed by atoms with Crippen LogP contribution in [0.5, 0.6) is 0 Å². The molecule has 45 heavy (non-hydrogen) atoms. The predicted molar refractivity (Wildman–Crippen MR) is 180 cm³/mol. The highest BCUT2D eigenvalue weighted by atomic mass is 32.3. The van der Waals surface area contributed by atoms with Crippen molar-refractivity contribution < 1.29 is 18.0 Å². The lowest BCUT2D eigenvalue weighted by Crippen LogP contribution is -2.20. The van der Waals surface area contributed by atoms with Gasteiger partial charge in [0.1, 0.15) is 6.42 Å². The van der Waals surface area contributed by atoms with Gasteiger partial charge in [-0.1, -0.05) is 109 Å². The normalized spacial score (nSPS) is 12.1. The third-order valence-electron chi connectivity index (χ3n) is 7.18. The van der Waals surface area contributed by atoms with Gasteiger partial charge in [0.25, 0.3) is 0 Å². The molecule has 0 atom stereocenters. The first-order valence-corrected chi connectivity index (χ1v) is 17.7. The van der Waals surface area contributed by atoms with E-state index < -0.39 is 39.0 Å². The molecule has 0 aliphatic heterocycles. The van der Waals surface area contributed by atoms with Crippen molar-refractivity contribution in [1.29, 1.82) is 0 Å². The van der Waals surface area contributed by atoms with E-state index in [1.54, 1.807) is 0 Å². The smallest absolute Gasteiger partial charge is 0.328 e. The summed E-state index contributed by atoms with van der Waals surface area (Å²) in [4.78, 5) is 33.1. The molecule has 0 aromatic heterocycles. The van der Waals surface area contributed by atoms with Crippen LogP contribution >= 0.6 is 20.6 Å². The quantitative estimate of drug-likeness (QED) is 0.142. The number of benzene rings is 6. The van der Waals surface area contributed by atoms with Crippen molar-refractivity contribution >= 4 is 32.6 Å². The zero-order valence-corrected chi connectivity index (χ0v) is 26.1. The molecule has 0 radical (unpaired) electrons. The second-order valence-electron chi connectivity index (χ2n) is 10.1. The fraction of sp³-hybridized carbons (Fsp3) is 0.0256.